The molecule has 0 N–H and O–H groups in total. The van der Waals surface area contributed by atoms with Gasteiger partial charge in [-0.15, -0.1) is 0 Å². The highest BCUT2D eigenvalue weighted by Crippen LogP contribution is 2.48. The second-order valence-electron chi connectivity index (χ2n) is 11.9. The molecule has 0 radical (unpaired) electrons. The zero-order valence-electron chi connectivity index (χ0n) is 24.3. The summed E-state index contributed by atoms with van der Waals surface area (Å²) in [6, 6.07) is 14.0. The molecule has 0 aliphatic carbocycles. The van der Waals surface area contributed by atoms with Gasteiger partial charge in [-0.2, -0.15) is 10.5 Å². The highest BCUT2D eigenvalue weighted by molar-refractivity contribution is 6.42. The molecule has 0 bridgehead atoms. The molecular weight excluding hydrogens is 554 g/mol. The first-order valence-electron chi connectivity index (χ1n) is 14.5. The van der Waals surface area contributed by atoms with Crippen LogP contribution in [0.5, 0.6) is 0 Å². The van der Waals surface area contributed by atoms with E-state index in [1.165, 1.54) is 22.6 Å². The van der Waals surface area contributed by atoms with Crippen LogP contribution < -0.4 is 0 Å². The monoisotopic (exact) mass is 579 g/mol. The summed E-state index contributed by atoms with van der Waals surface area (Å²) in [5.74, 6) is -2.19. The molecule has 0 aromatic heterocycles. The van der Waals surface area contributed by atoms with Gasteiger partial charge in [0.05, 0.1) is 40.0 Å². The number of hydrogen-bond donors (Lipinski definition) is 0. The van der Waals surface area contributed by atoms with Gasteiger partial charge in [-0.1, -0.05) is 30.7 Å². The van der Waals surface area contributed by atoms with Crippen LogP contribution in [0.25, 0.3) is 43.1 Å². The van der Waals surface area contributed by atoms with Crippen molar-refractivity contribution < 1.29 is 23.9 Å². The van der Waals surface area contributed by atoms with Crippen molar-refractivity contribution in [2.45, 2.75) is 40.0 Å². The number of ether oxygens (including phenoxy) is 1. The van der Waals surface area contributed by atoms with Gasteiger partial charge in [0.2, 0.25) is 0 Å². The predicted octanol–water partition coefficient (Wildman–Crippen LogP) is 7.16. The normalized spacial score (nSPS) is 14.8. The Kier molecular flexibility index (Phi) is 6.02. The number of nitrogens with zero attached hydrogens (tertiary/aromatic N) is 3. The fraction of sp³-hybridized carbons (Fsp3) is 0.222. The number of fused-ring (bicyclic) bond motifs is 2. The Hall–Kier alpha value is -5.60. The molecule has 0 saturated heterocycles. The van der Waals surface area contributed by atoms with Crippen LogP contribution in [0, 0.1) is 28.6 Å². The summed E-state index contributed by atoms with van der Waals surface area (Å²) in [7, 11) is 0. The van der Waals surface area contributed by atoms with Crippen molar-refractivity contribution in [3.63, 3.8) is 0 Å². The Labute approximate surface area is 252 Å². The van der Waals surface area contributed by atoms with E-state index < -0.39 is 23.8 Å². The topological polar surface area (TPSA) is 128 Å². The fourth-order valence-electron chi connectivity index (χ4n) is 6.89. The lowest BCUT2D eigenvalue weighted by Gasteiger charge is -2.30. The quantitative estimate of drug-likeness (QED) is 0.0521. The predicted molar refractivity (Wildman–Crippen MR) is 165 cm³/mol. The average Bonchev–Trinajstić information content (AvgIpc) is 3.00. The molecule has 8 heteroatoms. The Balaban J connectivity index is 1.48. The molecule has 44 heavy (non-hydrogen) atoms. The zero-order valence-corrected chi connectivity index (χ0v) is 24.3. The molecule has 5 aromatic rings. The minimum absolute atomic E-state index is 0.0976. The van der Waals surface area contributed by atoms with Gasteiger partial charge < -0.3 is 4.74 Å². The number of carbonyl (C=O) groups excluding carboxylic acids is 4. The molecule has 214 valence electrons. The summed E-state index contributed by atoms with van der Waals surface area (Å²) in [6.45, 7) is 6.49. The second kappa shape index (κ2) is 9.72. The number of carbonyl (C=O) groups is 4. The summed E-state index contributed by atoms with van der Waals surface area (Å²) < 4.78 is 4.93. The SMILES string of the molecule is CC(C)=CCCC(C)CCN1C(=O)c2ccc3c4c(C#N)cc5c6c(ccc(c7c(C#N)cc(c2c37)C1=O)c64)C(=O)OC5=O. The van der Waals surface area contributed by atoms with E-state index in [0.717, 1.165) is 12.8 Å². The number of rotatable bonds is 6. The summed E-state index contributed by atoms with van der Waals surface area (Å²) in [5, 5.41) is 24.5. The Morgan fingerprint density at radius 3 is 1.91 bits per heavy atom. The molecule has 2 aliphatic rings. The summed E-state index contributed by atoms with van der Waals surface area (Å²) in [4.78, 5) is 54.5. The van der Waals surface area contributed by atoms with Crippen LogP contribution in [-0.4, -0.2) is 35.2 Å². The molecule has 0 fully saturated rings. The maximum absolute atomic E-state index is 13.9. The number of amides is 2. The molecule has 5 aromatic carbocycles. The smallest absolute Gasteiger partial charge is 0.346 e. The Bertz CT molecular complexity index is 2300. The molecule has 1 unspecified atom stereocenters. The fourth-order valence-corrected chi connectivity index (χ4v) is 6.89. The third-order valence-corrected chi connectivity index (χ3v) is 8.98. The van der Waals surface area contributed by atoms with Crippen LogP contribution in [0.1, 0.15) is 92.6 Å². The minimum atomic E-state index is -0.846. The molecule has 7 rings (SSSR count). The van der Waals surface area contributed by atoms with Crippen LogP contribution in [-0.2, 0) is 4.74 Å². The van der Waals surface area contributed by atoms with E-state index in [0.29, 0.717) is 61.0 Å². The van der Waals surface area contributed by atoms with E-state index in [9.17, 15) is 29.7 Å². The van der Waals surface area contributed by atoms with Gasteiger partial charge in [-0.3, -0.25) is 14.5 Å². The molecule has 2 aliphatic heterocycles. The van der Waals surface area contributed by atoms with E-state index in [4.69, 9.17) is 4.74 Å². The third-order valence-electron chi connectivity index (χ3n) is 8.98. The molecule has 0 spiro atoms. The van der Waals surface area contributed by atoms with Gasteiger partial charge in [0.15, 0.2) is 0 Å². The van der Waals surface area contributed by atoms with Crippen LogP contribution in [0.4, 0.5) is 0 Å². The summed E-state index contributed by atoms with van der Waals surface area (Å²) in [6.07, 6.45) is 4.71. The van der Waals surface area contributed by atoms with Gasteiger partial charge in [0.25, 0.3) is 11.8 Å². The highest BCUT2D eigenvalue weighted by Gasteiger charge is 2.37. The lowest BCUT2D eigenvalue weighted by atomic mass is 9.80. The Morgan fingerprint density at radius 2 is 1.30 bits per heavy atom. The van der Waals surface area contributed by atoms with E-state index in [1.807, 2.05) is 0 Å². The van der Waals surface area contributed by atoms with Gasteiger partial charge in [-0.05, 0) is 74.1 Å². The summed E-state index contributed by atoms with van der Waals surface area (Å²) in [5.41, 5.74) is 2.56. The number of hydrogen-bond acceptors (Lipinski definition) is 7. The van der Waals surface area contributed by atoms with Crippen molar-refractivity contribution in [1.82, 2.24) is 4.90 Å². The van der Waals surface area contributed by atoms with Crippen LogP contribution in [0.3, 0.4) is 0 Å². The van der Waals surface area contributed by atoms with Crippen molar-refractivity contribution in [3.05, 3.63) is 81.4 Å². The Morgan fingerprint density at radius 1 is 0.750 bits per heavy atom. The molecule has 2 amide bonds. The number of cyclic esters (lactones) is 2. The van der Waals surface area contributed by atoms with Gasteiger partial charge >= 0.3 is 11.9 Å². The zero-order chi connectivity index (χ0) is 31.0. The maximum atomic E-state index is 13.9. The molecule has 0 saturated carbocycles. The molecule has 1 atom stereocenters. The van der Waals surface area contributed by atoms with Gasteiger partial charge in [0.1, 0.15) is 0 Å². The van der Waals surface area contributed by atoms with E-state index in [-0.39, 0.29) is 34.4 Å². The standard InChI is InChI=1S/C36H25N3O5/c1-17(2)5-4-6-18(3)11-12-39-33(40)23-9-7-21-28-20(16-38)14-26-30-24(35(42)44-36(26)43)10-8-22(32(28)30)27-19(15-37)13-25(34(39)41)29(23)31(21)27/h5,7-10,13-14,18H,4,6,11-12H2,1-3H3. The van der Waals surface area contributed by atoms with Crippen LogP contribution in [0.2, 0.25) is 0 Å². The number of nitriles is 2. The number of allylic oxidation sites excluding steroid dienone is 2. The second-order valence-corrected chi connectivity index (χ2v) is 11.9. The van der Waals surface area contributed by atoms with E-state index in [2.05, 4.69) is 39.0 Å². The first kappa shape index (κ1) is 27.2. The summed E-state index contributed by atoms with van der Waals surface area (Å²) >= 11 is 0. The van der Waals surface area contributed by atoms with Gasteiger partial charge in [-0.25, -0.2) is 9.59 Å². The largest absolute Gasteiger partial charge is 0.386 e. The molecule has 8 nitrogen and oxygen atoms in total. The van der Waals surface area contributed by atoms with Crippen molar-refractivity contribution in [3.8, 4) is 12.1 Å². The lowest BCUT2D eigenvalue weighted by Crippen LogP contribution is -2.41. The number of imide groups is 1. The van der Waals surface area contributed by atoms with Crippen molar-refractivity contribution in [1.29, 1.82) is 10.5 Å². The first-order valence-corrected chi connectivity index (χ1v) is 14.5. The van der Waals surface area contributed by atoms with Crippen molar-refractivity contribution >= 4 is 66.8 Å². The van der Waals surface area contributed by atoms with E-state index in [1.54, 1.807) is 24.3 Å². The van der Waals surface area contributed by atoms with Crippen molar-refractivity contribution in [2.24, 2.45) is 5.92 Å². The molecular formula is C36H25N3O5. The van der Waals surface area contributed by atoms with E-state index >= 15 is 0 Å². The number of benzene rings is 5. The minimum Gasteiger partial charge on any atom is -0.386 e. The maximum Gasteiger partial charge on any atom is 0.346 e. The van der Waals surface area contributed by atoms with Crippen LogP contribution >= 0.6 is 0 Å². The molecule has 2 heterocycles. The number of esters is 2. The average molecular weight is 580 g/mol. The third kappa shape index (κ3) is 3.68. The van der Waals surface area contributed by atoms with Gasteiger partial charge in [0, 0.05) is 44.4 Å². The lowest BCUT2D eigenvalue weighted by molar-refractivity contribution is 0.0390. The first-order chi connectivity index (χ1) is 21.2. The highest BCUT2D eigenvalue weighted by atomic mass is 16.6. The van der Waals surface area contributed by atoms with Crippen LogP contribution in [0.15, 0.2) is 48.0 Å². The van der Waals surface area contributed by atoms with Crippen molar-refractivity contribution in [2.75, 3.05) is 6.54 Å².